The quantitative estimate of drug-likeness (QED) is 0.823. The average Bonchev–Trinajstić information content (AvgIpc) is 2.44. The normalized spacial score (nSPS) is 11.1. The molecule has 0 aliphatic carbocycles. The van der Waals surface area contributed by atoms with Gasteiger partial charge in [0.15, 0.2) is 0 Å². The van der Waals surface area contributed by atoms with Crippen LogP contribution in [-0.2, 0) is 16.6 Å². The zero-order valence-electron chi connectivity index (χ0n) is 11.6. The largest absolute Gasteiger partial charge is 0.477 e. The van der Waals surface area contributed by atoms with Gasteiger partial charge in [-0.1, -0.05) is 18.2 Å². The van der Waals surface area contributed by atoms with Crippen LogP contribution in [0.15, 0.2) is 41.3 Å². The third-order valence-electron chi connectivity index (χ3n) is 2.82. The van der Waals surface area contributed by atoms with Crippen LogP contribution in [0.1, 0.15) is 16.2 Å². The number of para-hydroxylation sites is 1. The van der Waals surface area contributed by atoms with E-state index in [4.69, 9.17) is 5.11 Å². The summed E-state index contributed by atoms with van der Waals surface area (Å²) in [4.78, 5) is 28.4. The maximum absolute atomic E-state index is 11.9. The third kappa shape index (κ3) is 3.50. The molecular weight excluding hydrogens is 310 g/mol. The first-order valence-corrected chi connectivity index (χ1v) is 7.98. The molecule has 0 unspecified atom stereocenters. The molecule has 1 aromatic carbocycles. The van der Waals surface area contributed by atoms with Crippen LogP contribution in [0.5, 0.6) is 0 Å². The van der Waals surface area contributed by atoms with Crippen LogP contribution < -0.4 is 9.86 Å². The molecule has 0 aliphatic rings. The molecule has 0 radical (unpaired) electrons. The van der Waals surface area contributed by atoms with Crippen molar-refractivity contribution in [3.8, 4) is 0 Å². The number of nitrogens with zero attached hydrogens (tertiary/aromatic N) is 2. The van der Waals surface area contributed by atoms with Crippen molar-refractivity contribution in [2.75, 3.05) is 10.6 Å². The van der Waals surface area contributed by atoms with Gasteiger partial charge in [-0.2, -0.15) is 0 Å². The minimum Gasteiger partial charge on any atom is -0.477 e. The molecule has 1 aromatic heterocycles. The second-order valence-corrected chi connectivity index (χ2v) is 6.39. The predicted molar refractivity (Wildman–Crippen MR) is 79.3 cm³/mol. The van der Waals surface area contributed by atoms with E-state index in [-0.39, 0.29) is 12.4 Å². The Hall–Kier alpha value is -2.68. The summed E-state index contributed by atoms with van der Waals surface area (Å²) in [6.07, 6.45) is 1.94. The van der Waals surface area contributed by atoms with E-state index >= 15 is 0 Å². The van der Waals surface area contributed by atoms with E-state index in [2.05, 4.69) is 9.97 Å². The fourth-order valence-corrected chi connectivity index (χ4v) is 2.66. The van der Waals surface area contributed by atoms with E-state index in [1.165, 1.54) is 0 Å². The summed E-state index contributed by atoms with van der Waals surface area (Å²) in [5, 5.41) is 8.78. The van der Waals surface area contributed by atoms with Gasteiger partial charge < -0.3 is 10.1 Å². The van der Waals surface area contributed by atoms with Gasteiger partial charge in [0.25, 0.3) is 5.56 Å². The lowest BCUT2D eigenvalue weighted by molar-refractivity contribution is 0.0694. The van der Waals surface area contributed by atoms with E-state index in [0.29, 0.717) is 5.69 Å². The van der Waals surface area contributed by atoms with Crippen LogP contribution in [0, 0.1) is 0 Å². The number of benzene rings is 1. The molecule has 0 amide bonds. The van der Waals surface area contributed by atoms with E-state index in [1.54, 1.807) is 30.3 Å². The molecule has 0 bridgehead atoms. The summed E-state index contributed by atoms with van der Waals surface area (Å²) < 4.78 is 24.9. The second kappa shape index (κ2) is 5.98. The Bertz CT molecular complexity index is 845. The highest BCUT2D eigenvalue weighted by Gasteiger charge is 2.19. The summed E-state index contributed by atoms with van der Waals surface area (Å²) in [7, 11) is -3.60. The first-order chi connectivity index (χ1) is 10.3. The number of carboxylic acids is 1. The van der Waals surface area contributed by atoms with Crippen molar-refractivity contribution < 1.29 is 18.3 Å². The highest BCUT2D eigenvalue weighted by molar-refractivity contribution is 7.92. The van der Waals surface area contributed by atoms with Crippen LogP contribution >= 0.6 is 0 Å². The van der Waals surface area contributed by atoms with Crippen LogP contribution in [0.3, 0.4) is 0 Å². The molecule has 2 N–H and O–H groups in total. The summed E-state index contributed by atoms with van der Waals surface area (Å²) in [5.41, 5.74) is -0.927. The minimum atomic E-state index is -3.60. The van der Waals surface area contributed by atoms with Gasteiger partial charge in [0.05, 0.1) is 18.5 Å². The minimum absolute atomic E-state index is 0.0456. The second-order valence-electron chi connectivity index (χ2n) is 4.48. The number of carbonyl (C=O) groups is 1. The highest BCUT2D eigenvalue weighted by Crippen LogP contribution is 2.18. The highest BCUT2D eigenvalue weighted by atomic mass is 32.2. The summed E-state index contributed by atoms with van der Waals surface area (Å²) in [6.45, 7) is -0.210. The number of carboxylic acid groups (broad SMARTS) is 1. The smallest absolute Gasteiger partial charge is 0.342 e. The van der Waals surface area contributed by atoms with Crippen LogP contribution in [-0.4, -0.2) is 35.7 Å². The standard InChI is InChI=1S/C13H13N3O5S/c1-22(20,21)16(9-5-3-2-4-6-9)8-11-14-7-10(13(18)19)12(17)15-11/h2-7H,8H2,1H3,(H,18,19)(H,14,15,17). The van der Waals surface area contributed by atoms with Gasteiger partial charge in [-0.25, -0.2) is 18.2 Å². The summed E-state index contributed by atoms with van der Waals surface area (Å²) >= 11 is 0. The molecular formula is C13H13N3O5S. The van der Waals surface area contributed by atoms with Crippen molar-refractivity contribution in [1.29, 1.82) is 0 Å². The summed E-state index contributed by atoms with van der Waals surface area (Å²) in [5.74, 6) is -1.35. The number of anilines is 1. The first kappa shape index (κ1) is 15.7. The number of aromatic nitrogens is 2. The molecule has 2 aromatic rings. The van der Waals surface area contributed by atoms with Crippen molar-refractivity contribution in [2.45, 2.75) is 6.54 Å². The molecule has 0 atom stereocenters. The topological polar surface area (TPSA) is 120 Å². The van der Waals surface area contributed by atoms with Crippen LogP contribution in [0.2, 0.25) is 0 Å². The van der Waals surface area contributed by atoms with E-state index in [1.807, 2.05) is 0 Å². The van der Waals surface area contributed by atoms with E-state index in [0.717, 1.165) is 16.8 Å². The Morgan fingerprint density at radius 1 is 1.32 bits per heavy atom. The lowest BCUT2D eigenvalue weighted by Crippen LogP contribution is -2.31. The number of rotatable bonds is 5. The van der Waals surface area contributed by atoms with Crippen molar-refractivity contribution in [3.63, 3.8) is 0 Å². The van der Waals surface area contributed by atoms with E-state index in [9.17, 15) is 18.0 Å². The first-order valence-electron chi connectivity index (χ1n) is 6.13. The fourth-order valence-electron chi connectivity index (χ4n) is 1.79. The molecule has 0 fully saturated rings. The van der Waals surface area contributed by atoms with Crippen LogP contribution in [0.4, 0.5) is 5.69 Å². The number of hydrogen-bond donors (Lipinski definition) is 2. The lowest BCUT2D eigenvalue weighted by atomic mass is 10.3. The number of aromatic carboxylic acids is 1. The number of aromatic amines is 1. The van der Waals surface area contributed by atoms with Gasteiger partial charge in [-0.05, 0) is 12.1 Å². The van der Waals surface area contributed by atoms with Crippen molar-refractivity contribution in [2.24, 2.45) is 0 Å². The summed E-state index contributed by atoms with van der Waals surface area (Å²) in [6, 6.07) is 8.30. The van der Waals surface area contributed by atoms with Gasteiger partial charge in [0.1, 0.15) is 11.4 Å². The predicted octanol–water partition coefficient (Wildman–Crippen LogP) is 0.434. The maximum Gasteiger partial charge on any atom is 0.342 e. The Balaban J connectivity index is 2.39. The Morgan fingerprint density at radius 3 is 2.45 bits per heavy atom. The number of nitrogens with one attached hydrogen (secondary N) is 1. The van der Waals surface area contributed by atoms with Gasteiger partial charge in [-0.15, -0.1) is 0 Å². The molecule has 0 aliphatic heterocycles. The molecule has 1 heterocycles. The Morgan fingerprint density at radius 2 is 1.95 bits per heavy atom. The van der Waals surface area contributed by atoms with Crippen LogP contribution in [0.25, 0.3) is 0 Å². The maximum atomic E-state index is 11.9. The van der Waals surface area contributed by atoms with Crippen molar-refractivity contribution in [1.82, 2.24) is 9.97 Å². The average molecular weight is 323 g/mol. The zero-order valence-corrected chi connectivity index (χ0v) is 12.4. The van der Waals surface area contributed by atoms with Crippen molar-refractivity contribution in [3.05, 3.63) is 58.3 Å². The molecule has 8 nitrogen and oxygen atoms in total. The molecule has 9 heteroatoms. The number of hydrogen-bond acceptors (Lipinski definition) is 5. The molecule has 0 saturated carbocycles. The molecule has 0 spiro atoms. The SMILES string of the molecule is CS(=O)(=O)N(Cc1ncc(C(=O)O)c(=O)[nH]1)c1ccccc1. The van der Waals surface area contributed by atoms with Gasteiger partial charge in [-0.3, -0.25) is 9.10 Å². The van der Waals surface area contributed by atoms with Crippen molar-refractivity contribution >= 4 is 21.7 Å². The van der Waals surface area contributed by atoms with Gasteiger partial charge >= 0.3 is 5.97 Å². The Kier molecular flexibility index (Phi) is 4.27. The number of sulfonamides is 1. The van der Waals surface area contributed by atoms with Gasteiger partial charge in [0, 0.05) is 6.20 Å². The molecule has 22 heavy (non-hydrogen) atoms. The third-order valence-corrected chi connectivity index (χ3v) is 3.96. The molecule has 0 saturated heterocycles. The fraction of sp³-hybridized carbons (Fsp3) is 0.154. The van der Waals surface area contributed by atoms with Gasteiger partial charge in [0.2, 0.25) is 10.0 Å². The number of H-pyrrole nitrogens is 1. The lowest BCUT2D eigenvalue weighted by Gasteiger charge is -2.21. The monoisotopic (exact) mass is 323 g/mol. The Labute approximate surface area is 126 Å². The van der Waals surface area contributed by atoms with E-state index < -0.39 is 27.1 Å². The zero-order chi connectivity index (χ0) is 16.3. The molecule has 116 valence electrons. The molecule has 2 rings (SSSR count).